The fraction of sp³-hybridized carbons (Fsp3) is 0.0690. The van der Waals surface area contributed by atoms with Crippen LogP contribution in [0.3, 0.4) is 0 Å². The van der Waals surface area contributed by atoms with Crippen molar-refractivity contribution in [2.75, 3.05) is 6.61 Å². The number of nitrogens with one attached hydrogen (secondary N) is 1. The minimum Gasteiger partial charge on any atom is -0.494 e. The second kappa shape index (κ2) is 10.2. The molecule has 5 rings (SSSR count). The van der Waals surface area contributed by atoms with Gasteiger partial charge in [0.05, 0.1) is 35.3 Å². The number of hydrazone groups is 1. The number of pyridine rings is 1. The molecule has 1 amide bonds. The van der Waals surface area contributed by atoms with Crippen molar-refractivity contribution in [3.8, 4) is 23.0 Å². The van der Waals surface area contributed by atoms with E-state index in [1.165, 1.54) is 10.8 Å². The number of nitrogens with zero attached hydrogens (tertiary/aromatic N) is 3. The third kappa shape index (κ3) is 4.60. The number of hydrogen-bond donors (Lipinski definition) is 2. The number of carbonyl (C=O) groups is 1. The predicted octanol–water partition coefficient (Wildman–Crippen LogP) is 4.65. The molecule has 184 valence electrons. The monoisotopic (exact) mass is 492 g/mol. The van der Waals surface area contributed by atoms with Crippen molar-refractivity contribution in [3.05, 3.63) is 119 Å². The lowest BCUT2D eigenvalue weighted by atomic mass is 10.1. The number of fused-ring (bicyclic) bond motifs is 1. The summed E-state index contributed by atoms with van der Waals surface area (Å²) in [7, 11) is 0. The molecular formula is C29H24N4O4. The van der Waals surface area contributed by atoms with Gasteiger partial charge in [-0.15, -0.1) is 0 Å². The van der Waals surface area contributed by atoms with Crippen molar-refractivity contribution >= 4 is 22.9 Å². The Morgan fingerprint density at radius 1 is 0.946 bits per heavy atom. The molecule has 2 N–H and O–H groups in total. The van der Waals surface area contributed by atoms with Gasteiger partial charge >= 0.3 is 0 Å². The van der Waals surface area contributed by atoms with E-state index in [1.54, 1.807) is 60.7 Å². The average molecular weight is 493 g/mol. The second-order valence-corrected chi connectivity index (χ2v) is 8.16. The first-order chi connectivity index (χ1) is 18.1. The molecule has 0 saturated carbocycles. The zero-order valence-electron chi connectivity index (χ0n) is 20.0. The number of benzene rings is 3. The van der Waals surface area contributed by atoms with E-state index >= 15 is 0 Å². The molecule has 8 nitrogen and oxygen atoms in total. The van der Waals surface area contributed by atoms with E-state index in [2.05, 4.69) is 10.5 Å². The van der Waals surface area contributed by atoms with Crippen LogP contribution in [-0.2, 0) is 0 Å². The van der Waals surface area contributed by atoms with Crippen LogP contribution in [0.2, 0.25) is 0 Å². The highest BCUT2D eigenvalue weighted by molar-refractivity contribution is 6.03. The quantitative estimate of drug-likeness (QED) is 0.255. The van der Waals surface area contributed by atoms with Crippen LogP contribution in [0.15, 0.2) is 107 Å². The number of rotatable bonds is 7. The molecule has 0 spiro atoms. The van der Waals surface area contributed by atoms with Gasteiger partial charge in [0.2, 0.25) is 5.88 Å². The van der Waals surface area contributed by atoms with Gasteiger partial charge in [0.1, 0.15) is 5.75 Å². The summed E-state index contributed by atoms with van der Waals surface area (Å²) in [4.78, 5) is 26.2. The van der Waals surface area contributed by atoms with Crippen molar-refractivity contribution in [2.45, 2.75) is 6.92 Å². The van der Waals surface area contributed by atoms with Gasteiger partial charge in [-0.1, -0.05) is 30.3 Å². The molecule has 3 aromatic carbocycles. The van der Waals surface area contributed by atoms with Crippen LogP contribution >= 0.6 is 0 Å². The Kier molecular flexibility index (Phi) is 6.54. The third-order valence-corrected chi connectivity index (χ3v) is 5.90. The summed E-state index contributed by atoms with van der Waals surface area (Å²) in [5.74, 6) is -0.0490. The van der Waals surface area contributed by atoms with E-state index < -0.39 is 5.91 Å². The maximum atomic E-state index is 13.3. The lowest BCUT2D eigenvalue weighted by Gasteiger charge is -2.14. The van der Waals surface area contributed by atoms with Crippen LogP contribution < -0.4 is 15.7 Å². The molecule has 0 saturated heterocycles. The van der Waals surface area contributed by atoms with Crippen LogP contribution in [0.5, 0.6) is 11.6 Å². The largest absolute Gasteiger partial charge is 0.494 e. The van der Waals surface area contributed by atoms with E-state index in [9.17, 15) is 14.7 Å². The van der Waals surface area contributed by atoms with Crippen molar-refractivity contribution in [2.24, 2.45) is 5.10 Å². The molecule has 0 radical (unpaired) electrons. The first kappa shape index (κ1) is 23.6. The lowest BCUT2D eigenvalue weighted by molar-refractivity contribution is 0.0955. The Hall–Kier alpha value is -5.11. The minimum atomic E-state index is -0.413. The number of amides is 1. The maximum Gasteiger partial charge on any atom is 0.273 e. The maximum absolute atomic E-state index is 13.3. The molecule has 0 aliphatic rings. The van der Waals surface area contributed by atoms with E-state index in [1.807, 2.05) is 48.1 Å². The van der Waals surface area contributed by atoms with Crippen molar-refractivity contribution in [3.63, 3.8) is 0 Å². The summed E-state index contributed by atoms with van der Waals surface area (Å²) in [5.41, 5.74) is 4.07. The van der Waals surface area contributed by atoms with Gasteiger partial charge < -0.3 is 14.4 Å². The molecule has 0 unspecified atom stereocenters. The smallest absolute Gasteiger partial charge is 0.273 e. The highest BCUT2D eigenvalue weighted by Crippen LogP contribution is 2.26. The van der Waals surface area contributed by atoms with Crippen molar-refractivity contribution in [1.29, 1.82) is 0 Å². The van der Waals surface area contributed by atoms with E-state index in [4.69, 9.17) is 4.74 Å². The summed E-state index contributed by atoms with van der Waals surface area (Å²) in [5, 5.41) is 16.2. The average Bonchev–Trinajstić information content (AvgIpc) is 3.47. The van der Waals surface area contributed by atoms with E-state index in [-0.39, 0.29) is 11.4 Å². The van der Waals surface area contributed by atoms with Crippen LogP contribution in [0.4, 0.5) is 0 Å². The van der Waals surface area contributed by atoms with Gasteiger partial charge in [0, 0.05) is 23.2 Å². The topological polar surface area (TPSA) is 97.8 Å². The number of carbonyl (C=O) groups excluding carboxylic acids is 1. The standard InChI is InChI=1S/C29H24N4O4/c1-2-37-21-15-13-20(14-16-21)33-28(35)23-10-4-3-9-22(23)25(29(33)36)19-30-31-27(34)24-11-5-6-12-26(24)32-17-7-8-18-32/h3-19,36H,2H2,1H3,(H,31,34)/b30-19+. The van der Waals surface area contributed by atoms with Gasteiger partial charge in [0.15, 0.2) is 0 Å². The van der Waals surface area contributed by atoms with Gasteiger partial charge in [-0.2, -0.15) is 5.10 Å². The van der Waals surface area contributed by atoms with Crippen LogP contribution in [-0.4, -0.2) is 33.0 Å². The molecule has 5 aromatic rings. The molecule has 0 atom stereocenters. The molecule has 2 heterocycles. The Labute approximate surface area is 212 Å². The van der Waals surface area contributed by atoms with Crippen LogP contribution in [0, 0.1) is 0 Å². The second-order valence-electron chi connectivity index (χ2n) is 8.16. The summed E-state index contributed by atoms with van der Waals surface area (Å²) < 4.78 is 8.53. The molecular weight excluding hydrogens is 468 g/mol. The summed E-state index contributed by atoms with van der Waals surface area (Å²) >= 11 is 0. The fourth-order valence-electron chi connectivity index (χ4n) is 4.19. The van der Waals surface area contributed by atoms with Gasteiger partial charge in [-0.05, 0) is 61.5 Å². The first-order valence-electron chi connectivity index (χ1n) is 11.7. The number of ether oxygens (including phenoxy) is 1. The highest BCUT2D eigenvalue weighted by Gasteiger charge is 2.17. The number of aromatic hydroxyl groups is 1. The molecule has 37 heavy (non-hydrogen) atoms. The Morgan fingerprint density at radius 2 is 1.62 bits per heavy atom. The summed E-state index contributed by atoms with van der Waals surface area (Å²) in [6.45, 7) is 2.40. The van der Waals surface area contributed by atoms with Gasteiger partial charge in [-0.25, -0.2) is 9.99 Å². The predicted molar refractivity (Wildman–Crippen MR) is 143 cm³/mol. The Bertz CT molecular complexity index is 1650. The zero-order valence-corrected chi connectivity index (χ0v) is 20.0. The van der Waals surface area contributed by atoms with Crippen LogP contribution in [0.25, 0.3) is 22.1 Å². The summed E-state index contributed by atoms with van der Waals surface area (Å²) in [6, 6.07) is 24.7. The molecule has 2 aromatic heterocycles. The van der Waals surface area contributed by atoms with Gasteiger partial charge in [-0.3, -0.25) is 9.59 Å². The lowest BCUT2D eigenvalue weighted by Crippen LogP contribution is -2.21. The van der Waals surface area contributed by atoms with Crippen molar-refractivity contribution < 1.29 is 14.6 Å². The number of aromatic nitrogens is 2. The first-order valence-corrected chi connectivity index (χ1v) is 11.7. The van der Waals surface area contributed by atoms with E-state index in [0.29, 0.717) is 45.6 Å². The third-order valence-electron chi connectivity index (χ3n) is 5.90. The molecule has 0 aliphatic carbocycles. The Morgan fingerprint density at radius 3 is 2.35 bits per heavy atom. The molecule has 0 bridgehead atoms. The number of para-hydroxylation sites is 1. The fourth-order valence-corrected chi connectivity index (χ4v) is 4.19. The van der Waals surface area contributed by atoms with Crippen LogP contribution in [0.1, 0.15) is 22.8 Å². The Balaban J connectivity index is 1.52. The SMILES string of the molecule is CCOc1ccc(-n2c(O)c(/C=N/NC(=O)c3ccccc3-n3cccc3)c3ccccc3c2=O)cc1. The van der Waals surface area contributed by atoms with Crippen molar-refractivity contribution in [1.82, 2.24) is 14.6 Å². The van der Waals surface area contributed by atoms with Gasteiger partial charge in [0.25, 0.3) is 11.5 Å². The number of hydrogen-bond acceptors (Lipinski definition) is 5. The molecule has 0 aliphatic heterocycles. The zero-order chi connectivity index (χ0) is 25.8. The van der Waals surface area contributed by atoms with E-state index in [0.717, 1.165) is 0 Å². The normalized spacial score (nSPS) is 11.2. The highest BCUT2D eigenvalue weighted by atomic mass is 16.5. The molecule has 0 fully saturated rings. The molecule has 8 heteroatoms. The minimum absolute atomic E-state index is 0.293. The summed E-state index contributed by atoms with van der Waals surface area (Å²) in [6.07, 6.45) is 5.05.